The van der Waals surface area contributed by atoms with E-state index in [1.807, 2.05) is 13.8 Å². The average molecular weight is 299 g/mol. The normalized spacial score (nSPS) is 12.0. The third-order valence-corrected chi connectivity index (χ3v) is 3.23. The molecule has 0 radical (unpaired) electrons. The zero-order valence-corrected chi connectivity index (χ0v) is 12.3. The summed E-state index contributed by atoms with van der Waals surface area (Å²) in [6, 6.07) is -0.653. The fourth-order valence-electron chi connectivity index (χ4n) is 1.54. The zero-order chi connectivity index (χ0) is 15.3. The van der Waals surface area contributed by atoms with E-state index in [2.05, 4.69) is 15.6 Å². The van der Waals surface area contributed by atoms with Crippen molar-refractivity contribution >= 4 is 34.3 Å². The van der Waals surface area contributed by atoms with Gasteiger partial charge >= 0.3 is 5.97 Å². The largest absolute Gasteiger partial charge is 0.481 e. The molecule has 0 spiro atoms. The molecule has 1 atom stereocenters. The summed E-state index contributed by atoms with van der Waals surface area (Å²) in [7, 11) is 0. The number of nitrogens with one attached hydrogen (secondary N) is 2. The maximum Gasteiger partial charge on any atom is 0.309 e. The number of nitrogens with zero attached hydrogens (tertiary/aromatic N) is 1. The lowest BCUT2D eigenvalue weighted by Crippen LogP contribution is -2.46. The Balaban J connectivity index is 2.70. The fraction of sp³-hybridized carbons (Fsp3) is 0.500. The molecule has 8 heteroatoms. The van der Waals surface area contributed by atoms with Gasteiger partial charge in [0.2, 0.25) is 11.8 Å². The van der Waals surface area contributed by atoms with Gasteiger partial charge in [0.25, 0.3) is 0 Å². The van der Waals surface area contributed by atoms with Crippen molar-refractivity contribution < 1.29 is 19.5 Å². The molecule has 0 saturated carbocycles. The second-order valence-corrected chi connectivity index (χ2v) is 5.48. The van der Waals surface area contributed by atoms with Gasteiger partial charge in [-0.1, -0.05) is 13.8 Å². The molecule has 1 unspecified atom stereocenters. The van der Waals surface area contributed by atoms with E-state index >= 15 is 0 Å². The quantitative estimate of drug-likeness (QED) is 0.722. The summed E-state index contributed by atoms with van der Waals surface area (Å²) in [5.74, 6) is -1.71. The van der Waals surface area contributed by atoms with Gasteiger partial charge in [0.05, 0.1) is 12.1 Å². The van der Waals surface area contributed by atoms with Crippen molar-refractivity contribution in [2.45, 2.75) is 33.2 Å². The Bertz CT molecular complexity index is 513. The molecule has 1 heterocycles. The van der Waals surface area contributed by atoms with Crippen molar-refractivity contribution in [1.82, 2.24) is 10.3 Å². The van der Waals surface area contributed by atoms with E-state index in [0.717, 1.165) is 11.3 Å². The SMILES string of the molecule is CC(=O)NC(C(=O)Nc1nc(CC(=O)O)cs1)C(C)C. The van der Waals surface area contributed by atoms with Gasteiger partial charge in [-0.25, -0.2) is 4.98 Å². The number of anilines is 1. The summed E-state index contributed by atoms with van der Waals surface area (Å²) in [5, 5.41) is 15.7. The Hall–Kier alpha value is -1.96. The van der Waals surface area contributed by atoms with Crippen LogP contribution in [0.4, 0.5) is 5.13 Å². The first-order chi connectivity index (χ1) is 9.29. The van der Waals surface area contributed by atoms with Crippen molar-refractivity contribution in [3.05, 3.63) is 11.1 Å². The Morgan fingerprint density at radius 2 is 2.05 bits per heavy atom. The standard InChI is InChI=1S/C12H17N3O4S/c1-6(2)10(13-7(3)16)11(19)15-12-14-8(5-20-12)4-9(17)18/h5-6,10H,4H2,1-3H3,(H,13,16)(H,17,18)(H,14,15,19). The number of carbonyl (C=O) groups excluding carboxylic acids is 2. The van der Waals surface area contributed by atoms with Gasteiger partial charge in [-0.15, -0.1) is 11.3 Å². The Labute approximate surface area is 120 Å². The van der Waals surface area contributed by atoms with Crippen LogP contribution in [-0.2, 0) is 20.8 Å². The number of hydrogen-bond donors (Lipinski definition) is 3. The number of aliphatic carboxylic acids is 1. The monoisotopic (exact) mass is 299 g/mol. The molecule has 1 aromatic rings. The summed E-state index contributed by atoms with van der Waals surface area (Å²) in [4.78, 5) is 37.7. The van der Waals surface area contributed by atoms with Crippen LogP contribution < -0.4 is 10.6 Å². The van der Waals surface area contributed by atoms with Gasteiger partial charge < -0.3 is 15.7 Å². The van der Waals surface area contributed by atoms with E-state index in [0.29, 0.717) is 10.8 Å². The van der Waals surface area contributed by atoms with Crippen LogP contribution in [0.3, 0.4) is 0 Å². The predicted octanol–water partition coefficient (Wildman–Crippen LogP) is 0.869. The summed E-state index contributed by atoms with van der Waals surface area (Å²) in [6.45, 7) is 4.98. The minimum atomic E-state index is -0.980. The smallest absolute Gasteiger partial charge is 0.309 e. The molecule has 1 rings (SSSR count). The van der Waals surface area contributed by atoms with Gasteiger partial charge in [0.15, 0.2) is 5.13 Å². The molecule has 110 valence electrons. The van der Waals surface area contributed by atoms with Crippen molar-refractivity contribution in [3.63, 3.8) is 0 Å². The summed E-state index contributed by atoms with van der Waals surface area (Å²) >= 11 is 1.15. The molecule has 0 aliphatic heterocycles. The Kier molecular flexibility index (Phi) is 5.63. The van der Waals surface area contributed by atoms with Gasteiger partial charge in [-0.2, -0.15) is 0 Å². The molecule has 20 heavy (non-hydrogen) atoms. The number of carboxylic acid groups (broad SMARTS) is 1. The first-order valence-corrected chi connectivity index (χ1v) is 6.91. The van der Waals surface area contributed by atoms with E-state index in [9.17, 15) is 14.4 Å². The second kappa shape index (κ2) is 6.99. The number of hydrogen-bond acceptors (Lipinski definition) is 5. The highest BCUT2D eigenvalue weighted by molar-refractivity contribution is 7.13. The second-order valence-electron chi connectivity index (χ2n) is 4.63. The number of amides is 2. The summed E-state index contributed by atoms with van der Waals surface area (Å²) in [5.41, 5.74) is 0.387. The first kappa shape index (κ1) is 16.1. The van der Waals surface area contributed by atoms with Crippen LogP contribution in [0.15, 0.2) is 5.38 Å². The molecular weight excluding hydrogens is 282 g/mol. The highest BCUT2D eigenvalue weighted by Gasteiger charge is 2.23. The van der Waals surface area contributed by atoms with Gasteiger partial charge in [-0.3, -0.25) is 14.4 Å². The van der Waals surface area contributed by atoms with E-state index in [-0.39, 0.29) is 24.2 Å². The number of thiazole rings is 1. The lowest BCUT2D eigenvalue weighted by Gasteiger charge is -2.20. The van der Waals surface area contributed by atoms with Crippen LogP contribution in [0, 0.1) is 5.92 Å². The zero-order valence-electron chi connectivity index (χ0n) is 11.5. The van der Waals surface area contributed by atoms with Crippen molar-refractivity contribution in [2.24, 2.45) is 5.92 Å². The molecule has 0 aromatic carbocycles. The van der Waals surface area contributed by atoms with E-state index in [1.165, 1.54) is 6.92 Å². The third-order valence-electron chi connectivity index (χ3n) is 2.42. The predicted molar refractivity (Wildman–Crippen MR) is 74.5 cm³/mol. The Morgan fingerprint density at radius 1 is 1.40 bits per heavy atom. The van der Waals surface area contributed by atoms with E-state index < -0.39 is 12.0 Å². The van der Waals surface area contributed by atoms with Gasteiger partial charge in [0.1, 0.15) is 6.04 Å². The molecular formula is C12H17N3O4S. The van der Waals surface area contributed by atoms with Crippen molar-refractivity contribution in [3.8, 4) is 0 Å². The highest BCUT2D eigenvalue weighted by atomic mass is 32.1. The number of carboxylic acids is 1. The molecule has 3 N–H and O–H groups in total. The van der Waals surface area contributed by atoms with Crippen LogP contribution in [0.1, 0.15) is 26.5 Å². The third kappa shape index (κ3) is 4.96. The maximum absolute atomic E-state index is 12.0. The van der Waals surface area contributed by atoms with Gasteiger partial charge in [0, 0.05) is 12.3 Å². The van der Waals surface area contributed by atoms with Crippen LogP contribution in [0.2, 0.25) is 0 Å². The summed E-state index contributed by atoms with van der Waals surface area (Å²) < 4.78 is 0. The lowest BCUT2D eigenvalue weighted by atomic mass is 10.0. The Morgan fingerprint density at radius 3 is 2.55 bits per heavy atom. The molecule has 0 saturated heterocycles. The van der Waals surface area contributed by atoms with Crippen LogP contribution in [0.5, 0.6) is 0 Å². The highest BCUT2D eigenvalue weighted by Crippen LogP contribution is 2.17. The molecule has 0 bridgehead atoms. The maximum atomic E-state index is 12.0. The first-order valence-electron chi connectivity index (χ1n) is 6.03. The number of aromatic nitrogens is 1. The topological polar surface area (TPSA) is 108 Å². The van der Waals surface area contributed by atoms with Crippen LogP contribution >= 0.6 is 11.3 Å². The van der Waals surface area contributed by atoms with Crippen LogP contribution in [0.25, 0.3) is 0 Å². The van der Waals surface area contributed by atoms with Crippen LogP contribution in [-0.4, -0.2) is 33.9 Å². The lowest BCUT2D eigenvalue weighted by molar-refractivity contribution is -0.136. The molecule has 7 nitrogen and oxygen atoms in total. The summed E-state index contributed by atoms with van der Waals surface area (Å²) in [6.07, 6.45) is -0.189. The molecule has 2 amide bonds. The van der Waals surface area contributed by atoms with E-state index in [4.69, 9.17) is 5.11 Å². The number of carbonyl (C=O) groups is 3. The molecule has 0 aliphatic carbocycles. The molecule has 0 aliphatic rings. The minimum absolute atomic E-state index is 0.0719. The average Bonchev–Trinajstić information content (AvgIpc) is 2.71. The van der Waals surface area contributed by atoms with Gasteiger partial charge in [-0.05, 0) is 5.92 Å². The number of rotatable bonds is 6. The van der Waals surface area contributed by atoms with Crippen molar-refractivity contribution in [1.29, 1.82) is 0 Å². The minimum Gasteiger partial charge on any atom is -0.481 e. The fourth-order valence-corrected chi connectivity index (χ4v) is 2.25. The van der Waals surface area contributed by atoms with Crippen molar-refractivity contribution in [2.75, 3.05) is 5.32 Å². The molecule has 0 fully saturated rings. The molecule has 1 aromatic heterocycles. The van der Waals surface area contributed by atoms with E-state index in [1.54, 1.807) is 5.38 Å².